The molecule has 0 unspecified atom stereocenters. The van der Waals surface area contributed by atoms with E-state index in [0.717, 1.165) is 25.9 Å². The second kappa shape index (κ2) is 8.44. The summed E-state index contributed by atoms with van der Waals surface area (Å²) < 4.78 is 2.01. The lowest BCUT2D eigenvalue weighted by Crippen LogP contribution is -2.47. The van der Waals surface area contributed by atoms with E-state index in [2.05, 4.69) is 45.3 Å². The molecule has 3 heterocycles. The zero-order valence-corrected chi connectivity index (χ0v) is 15.1. The van der Waals surface area contributed by atoms with Gasteiger partial charge in [0.25, 0.3) is 0 Å². The third-order valence-electron chi connectivity index (χ3n) is 4.57. The van der Waals surface area contributed by atoms with Crippen molar-refractivity contribution in [2.45, 2.75) is 45.2 Å². The second-order valence-corrected chi connectivity index (χ2v) is 7.37. The normalized spacial score (nSPS) is 18.6. The number of aryl methyl sites for hydroxylation is 1. The van der Waals surface area contributed by atoms with Crippen LogP contribution in [0.4, 0.5) is 0 Å². The van der Waals surface area contributed by atoms with E-state index in [1.165, 1.54) is 24.0 Å². The Morgan fingerprint density at radius 1 is 1.46 bits per heavy atom. The van der Waals surface area contributed by atoms with Gasteiger partial charge in [-0.2, -0.15) is 16.4 Å². The van der Waals surface area contributed by atoms with Gasteiger partial charge in [-0.15, -0.1) is 0 Å². The highest BCUT2D eigenvalue weighted by Gasteiger charge is 2.24. The molecule has 0 spiro atoms. The standard InChI is InChI=1S/C18H26N4OS/c1-15-10-20-22(11-15)12-17-4-2-3-8-21(17)13-18(23)19-7-5-16-6-9-24-14-16/h6,9-11,14,17H,2-5,7-8,12-13H2,1H3,(H,19,23)/t17-/m1/s1. The molecule has 2 aromatic heterocycles. The number of aromatic nitrogens is 2. The molecule has 1 fully saturated rings. The van der Waals surface area contributed by atoms with Gasteiger partial charge in [-0.1, -0.05) is 6.42 Å². The van der Waals surface area contributed by atoms with E-state index >= 15 is 0 Å². The minimum atomic E-state index is 0.133. The summed E-state index contributed by atoms with van der Waals surface area (Å²) in [5.74, 6) is 0.133. The van der Waals surface area contributed by atoms with Crippen LogP contribution < -0.4 is 5.32 Å². The number of likely N-dealkylation sites (tertiary alicyclic amines) is 1. The molecule has 0 bridgehead atoms. The first-order valence-electron chi connectivity index (χ1n) is 8.71. The van der Waals surface area contributed by atoms with Crippen LogP contribution in [0.3, 0.4) is 0 Å². The molecule has 1 amide bonds. The maximum atomic E-state index is 12.3. The van der Waals surface area contributed by atoms with Gasteiger partial charge in [0.15, 0.2) is 0 Å². The Morgan fingerprint density at radius 3 is 3.12 bits per heavy atom. The highest BCUT2D eigenvalue weighted by atomic mass is 32.1. The molecule has 5 nitrogen and oxygen atoms in total. The van der Waals surface area contributed by atoms with Gasteiger partial charge in [-0.05, 0) is 60.7 Å². The number of nitrogens with zero attached hydrogens (tertiary/aromatic N) is 3. The first-order chi connectivity index (χ1) is 11.7. The van der Waals surface area contributed by atoms with Crippen molar-refractivity contribution >= 4 is 17.2 Å². The molecule has 0 radical (unpaired) electrons. The van der Waals surface area contributed by atoms with Crippen LogP contribution in [0.2, 0.25) is 0 Å². The monoisotopic (exact) mass is 346 g/mol. The lowest BCUT2D eigenvalue weighted by atomic mass is 10.0. The van der Waals surface area contributed by atoms with E-state index in [0.29, 0.717) is 19.1 Å². The van der Waals surface area contributed by atoms with E-state index < -0.39 is 0 Å². The van der Waals surface area contributed by atoms with E-state index in [1.54, 1.807) is 11.3 Å². The van der Waals surface area contributed by atoms with Gasteiger partial charge in [-0.25, -0.2) is 0 Å². The number of piperidine rings is 1. The van der Waals surface area contributed by atoms with E-state index in [4.69, 9.17) is 0 Å². The summed E-state index contributed by atoms with van der Waals surface area (Å²) in [6, 6.07) is 2.52. The minimum Gasteiger partial charge on any atom is -0.355 e. The minimum absolute atomic E-state index is 0.133. The van der Waals surface area contributed by atoms with Crippen molar-refractivity contribution in [3.8, 4) is 0 Å². The quantitative estimate of drug-likeness (QED) is 0.838. The molecule has 130 valence electrons. The summed E-state index contributed by atoms with van der Waals surface area (Å²) in [6.07, 6.45) is 8.43. The Labute approximate surface area is 147 Å². The number of amides is 1. The average Bonchev–Trinajstić information content (AvgIpc) is 3.21. The lowest BCUT2D eigenvalue weighted by molar-refractivity contribution is -0.123. The summed E-state index contributed by atoms with van der Waals surface area (Å²) in [5, 5.41) is 11.7. The number of carbonyl (C=O) groups excluding carboxylic acids is 1. The molecule has 1 aliphatic heterocycles. The van der Waals surface area contributed by atoms with Crippen LogP contribution in [0.5, 0.6) is 0 Å². The molecule has 0 aliphatic carbocycles. The highest BCUT2D eigenvalue weighted by Crippen LogP contribution is 2.18. The van der Waals surface area contributed by atoms with Gasteiger partial charge in [-0.3, -0.25) is 14.4 Å². The van der Waals surface area contributed by atoms with Crippen molar-refractivity contribution < 1.29 is 4.79 Å². The van der Waals surface area contributed by atoms with Crippen LogP contribution in [0.25, 0.3) is 0 Å². The molecule has 6 heteroatoms. The van der Waals surface area contributed by atoms with Gasteiger partial charge in [0.05, 0.1) is 19.3 Å². The first kappa shape index (κ1) is 17.2. The molecular weight excluding hydrogens is 320 g/mol. The number of carbonyl (C=O) groups is 1. The van der Waals surface area contributed by atoms with Crippen LogP contribution in [0, 0.1) is 6.92 Å². The Bertz CT molecular complexity index is 637. The summed E-state index contributed by atoms with van der Waals surface area (Å²) in [4.78, 5) is 14.6. The van der Waals surface area contributed by atoms with E-state index in [9.17, 15) is 4.79 Å². The van der Waals surface area contributed by atoms with Crippen LogP contribution in [0.1, 0.15) is 30.4 Å². The fourth-order valence-electron chi connectivity index (χ4n) is 3.28. The van der Waals surface area contributed by atoms with Crippen molar-refractivity contribution in [2.75, 3.05) is 19.6 Å². The number of rotatable bonds is 7. The number of thiophene rings is 1. The Balaban J connectivity index is 1.46. The predicted molar refractivity (Wildman–Crippen MR) is 97.2 cm³/mol. The SMILES string of the molecule is Cc1cnn(C[C@H]2CCCCN2CC(=O)NCCc2ccsc2)c1. The summed E-state index contributed by atoms with van der Waals surface area (Å²) in [6.45, 7) is 5.14. The van der Waals surface area contributed by atoms with E-state index in [-0.39, 0.29) is 5.91 Å². The molecule has 1 aliphatic rings. The lowest BCUT2D eigenvalue weighted by Gasteiger charge is -2.35. The Morgan fingerprint density at radius 2 is 2.38 bits per heavy atom. The zero-order valence-electron chi connectivity index (χ0n) is 14.3. The molecule has 0 aromatic carbocycles. The molecule has 1 saturated heterocycles. The highest BCUT2D eigenvalue weighted by molar-refractivity contribution is 7.07. The van der Waals surface area contributed by atoms with Gasteiger partial charge in [0, 0.05) is 18.8 Å². The number of hydrogen-bond acceptors (Lipinski definition) is 4. The molecular formula is C18H26N4OS. The molecule has 0 saturated carbocycles. The smallest absolute Gasteiger partial charge is 0.234 e. The van der Waals surface area contributed by atoms with Crippen LogP contribution >= 0.6 is 11.3 Å². The van der Waals surface area contributed by atoms with Crippen LogP contribution in [-0.4, -0.2) is 46.3 Å². The van der Waals surface area contributed by atoms with Gasteiger partial charge in [0.2, 0.25) is 5.91 Å². The number of hydrogen-bond donors (Lipinski definition) is 1. The molecule has 1 atom stereocenters. The van der Waals surface area contributed by atoms with Gasteiger partial charge in [0.1, 0.15) is 0 Å². The number of nitrogens with one attached hydrogen (secondary N) is 1. The third kappa shape index (κ3) is 4.92. The fraction of sp³-hybridized carbons (Fsp3) is 0.556. The van der Waals surface area contributed by atoms with E-state index in [1.807, 2.05) is 10.9 Å². The predicted octanol–water partition coefficient (Wildman–Crippen LogP) is 2.47. The molecule has 24 heavy (non-hydrogen) atoms. The second-order valence-electron chi connectivity index (χ2n) is 6.59. The summed E-state index contributed by atoms with van der Waals surface area (Å²) in [5.41, 5.74) is 2.48. The largest absolute Gasteiger partial charge is 0.355 e. The van der Waals surface area contributed by atoms with Crippen LogP contribution in [-0.2, 0) is 17.8 Å². The zero-order chi connectivity index (χ0) is 16.8. The maximum Gasteiger partial charge on any atom is 0.234 e. The maximum absolute atomic E-state index is 12.3. The summed E-state index contributed by atoms with van der Waals surface area (Å²) in [7, 11) is 0. The Hall–Kier alpha value is -1.66. The van der Waals surface area contributed by atoms with Crippen LogP contribution in [0.15, 0.2) is 29.2 Å². The van der Waals surface area contributed by atoms with Crippen molar-refractivity contribution in [2.24, 2.45) is 0 Å². The summed E-state index contributed by atoms with van der Waals surface area (Å²) >= 11 is 1.70. The third-order valence-corrected chi connectivity index (χ3v) is 5.30. The molecule has 3 rings (SSSR count). The molecule has 2 aromatic rings. The fourth-order valence-corrected chi connectivity index (χ4v) is 3.98. The topological polar surface area (TPSA) is 50.2 Å². The molecule has 1 N–H and O–H groups in total. The van der Waals surface area contributed by atoms with Crippen molar-refractivity contribution in [1.29, 1.82) is 0 Å². The van der Waals surface area contributed by atoms with Crippen molar-refractivity contribution in [3.63, 3.8) is 0 Å². The van der Waals surface area contributed by atoms with Gasteiger partial charge >= 0.3 is 0 Å². The first-order valence-corrected chi connectivity index (χ1v) is 9.66. The van der Waals surface area contributed by atoms with Crippen molar-refractivity contribution in [3.05, 3.63) is 40.3 Å². The van der Waals surface area contributed by atoms with Crippen molar-refractivity contribution in [1.82, 2.24) is 20.0 Å². The van der Waals surface area contributed by atoms with Gasteiger partial charge < -0.3 is 5.32 Å². The average molecular weight is 346 g/mol. The Kier molecular flexibility index (Phi) is 6.04.